The van der Waals surface area contributed by atoms with Gasteiger partial charge in [-0.2, -0.15) is 0 Å². The molecule has 0 aromatic heterocycles. The number of hydrogen-bond acceptors (Lipinski definition) is 1. The van der Waals surface area contributed by atoms with Gasteiger partial charge in [0, 0.05) is 11.4 Å². The van der Waals surface area contributed by atoms with Crippen LogP contribution in [0, 0.1) is 23.7 Å². The predicted molar refractivity (Wildman–Crippen MR) is 36.2 cm³/mol. The molecule has 2 heteroatoms. The molecule has 4 aliphatic carbocycles. The second-order valence-corrected chi connectivity index (χ2v) is 4.24. The Morgan fingerprint density at radius 3 is 2.11 bits per heavy atom. The summed E-state index contributed by atoms with van der Waals surface area (Å²) in [5.74, 6) is 3.32. The van der Waals surface area contributed by atoms with E-state index in [1.165, 1.54) is 6.42 Å². The predicted octanol–water partition coefficient (Wildman–Crippen LogP) is 0.817. The zero-order chi connectivity index (χ0) is 6.17. The van der Waals surface area contributed by atoms with Gasteiger partial charge in [0.05, 0.1) is 0 Å². The summed E-state index contributed by atoms with van der Waals surface area (Å²) >= 11 is 6.11. The first kappa shape index (κ1) is 4.97. The summed E-state index contributed by atoms with van der Waals surface area (Å²) in [4.78, 5) is 0. The van der Waals surface area contributed by atoms with E-state index in [4.69, 9.17) is 17.3 Å². The first-order valence-corrected chi connectivity index (χ1v) is 4.14. The smallest absolute Gasteiger partial charge is 0.0413 e. The van der Waals surface area contributed by atoms with Crippen molar-refractivity contribution >= 4 is 11.6 Å². The molecule has 4 aliphatic rings. The molecule has 4 rings (SSSR count). The maximum Gasteiger partial charge on any atom is 0.0413 e. The molecule has 4 fully saturated rings. The number of rotatable bonds is 0. The average molecular weight is 144 g/mol. The third kappa shape index (κ3) is 0.352. The average Bonchev–Trinajstić information content (AvgIpc) is 2.18. The Kier molecular flexibility index (Phi) is 0.647. The van der Waals surface area contributed by atoms with Crippen LogP contribution in [0.1, 0.15) is 6.42 Å². The molecule has 0 aromatic carbocycles. The minimum Gasteiger partial charge on any atom is -0.327 e. The van der Waals surface area contributed by atoms with Crippen LogP contribution in [0.3, 0.4) is 0 Å². The van der Waals surface area contributed by atoms with Crippen LogP contribution in [-0.2, 0) is 0 Å². The molecule has 0 amide bonds. The van der Waals surface area contributed by atoms with Crippen molar-refractivity contribution in [3.63, 3.8) is 0 Å². The zero-order valence-corrected chi connectivity index (χ0v) is 5.88. The SMILES string of the molecule is N[C@H]1[C@H]2C[C@H]3[C@H]1[C@H]3[C@@H]2Cl. The Bertz CT molecular complexity index is 150. The van der Waals surface area contributed by atoms with E-state index in [1.807, 2.05) is 0 Å². The summed E-state index contributed by atoms with van der Waals surface area (Å²) < 4.78 is 0. The van der Waals surface area contributed by atoms with Gasteiger partial charge >= 0.3 is 0 Å². The summed E-state index contributed by atoms with van der Waals surface area (Å²) in [6, 6.07) is 0.475. The minimum absolute atomic E-state index is 0.454. The van der Waals surface area contributed by atoms with E-state index < -0.39 is 0 Å². The molecule has 50 valence electrons. The van der Waals surface area contributed by atoms with E-state index in [2.05, 4.69) is 0 Å². The van der Waals surface area contributed by atoms with E-state index >= 15 is 0 Å². The normalized spacial score (nSPS) is 75.3. The van der Waals surface area contributed by atoms with Crippen LogP contribution < -0.4 is 5.73 Å². The van der Waals surface area contributed by atoms with Gasteiger partial charge in [-0.1, -0.05) is 0 Å². The summed E-state index contributed by atoms with van der Waals surface area (Å²) in [5, 5.41) is 0.454. The molecular formula is C7H10ClN. The third-order valence-corrected chi connectivity index (χ3v) is 4.17. The molecule has 1 nitrogen and oxygen atoms in total. The molecule has 0 heterocycles. The van der Waals surface area contributed by atoms with Crippen LogP contribution in [-0.4, -0.2) is 11.4 Å². The standard InChI is InChI=1S/C7H10ClN/c8-6-3-1-2-4(6)5(2)7(3)9/h2-7H,1,9H2/t2-,3+,4+,5+,6-,7+/m1/s1. The first-order valence-electron chi connectivity index (χ1n) is 3.70. The molecule has 4 bridgehead atoms. The highest BCUT2D eigenvalue weighted by Crippen LogP contribution is 2.71. The fourth-order valence-electron chi connectivity index (χ4n) is 3.12. The Morgan fingerprint density at radius 2 is 2.00 bits per heavy atom. The van der Waals surface area contributed by atoms with Gasteiger partial charge in [-0.3, -0.25) is 0 Å². The number of nitrogens with two attached hydrogens (primary N) is 1. The fraction of sp³-hybridized carbons (Fsp3) is 1.00. The molecule has 6 atom stereocenters. The van der Waals surface area contributed by atoms with Gasteiger partial charge in [0.1, 0.15) is 0 Å². The van der Waals surface area contributed by atoms with E-state index in [0.29, 0.717) is 17.3 Å². The quantitative estimate of drug-likeness (QED) is 0.500. The van der Waals surface area contributed by atoms with Gasteiger partial charge in [0.2, 0.25) is 0 Å². The van der Waals surface area contributed by atoms with Crippen LogP contribution in [0.5, 0.6) is 0 Å². The van der Waals surface area contributed by atoms with Gasteiger partial charge in [0.15, 0.2) is 0 Å². The number of hydrogen-bond donors (Lipinski definition) is 1. The van der Waals surface area contributed by atoms with E-state index in [-0.39, 0.29) is 0 Å². The number of alkyl halides is 1. The van der Waals surface area contributed by atoms with Crippen LogP contribution in [0.25, 0.3) is 0 Å². The summed E-state index contributed by atoms with van der Waals surface area (Å²) in [6.07, 6.45) is 1.34. The summed E-state index contributed by atoms with van der Waals surface area (Å²) in [5.41, 5.74) is 5.91. The molecule has 2 N–H and O–H groups in total. The third-order valence-electron chi connectivity index (χ3n) is 3.55. The number of halogens is 1. The molecule has 0 unspecified atom stereocenters. The molecule has 0 saturated heterocycles. The Hall–Kier alpha value is 0.250. The van der Waals surface area contributed by atoms with Crippen LogP contribution in [0.2, 0.25) is 0 Å². The highest BCUT2D eigenvalue weighted by atomic mass is 35.5. The van der Waals surface area contributed by atoms with Crippen LogP contribution in [0.15, 0.2) is 0 Å². The Morgan fingerprint density at radius 1 is 1.22 bits per heavy atom. The van der Waals surface area contributed by atoms with Gasteiger partial charge in [-0.15, -0.1) is 11.6 Å². The second-order valence-electron chi connectivity index (χ2n) is 3.74. The van der Waals surface area contributed by atoms with E-state index in [9.17, 15) is 0 Å². The molecule has 0 spiro atoms. The van der Waals surface area contributed by atoms with Crippen molar-refractivity contribution < 1.29 is 0 Å². The van der Waals surface area contributed by atoms with Crippen molar-refractivity contribution in [3.05, 3.63) is 0 Å². The van der Waals surface area contributed by atoms with Crippen molar-refractivity contribution in [1.29, 1.82) is 0 Å². The second kappa shape index (κ2) is 1.17. The van der Waals surface area contributed by atoms with E-state index in [0.717, 1.165) is 17.8 Å². The molecule has 9 heavy (non-hydrogen) atoms. The van der Waals surface area contributed by atoms with E-state index in [1.54, 1.807) is 0 Å². The topological polar surface area (TPSA) is 26.0 Å². The molecular weight excluding hydrogens is 134 g/mol. The lowest BCUT2D eigenvalue weighted by Crippen LogP contribution is -2.26. The van der Waals surface area contributed by atoms with Gasteiger partial charge in [0.25, 0.3) is 0 Å². The largest absolute Gasteiger partial charge is 0.327 e. The molecule has 0 aromatic rings. The van der Waals surface area contributed by atoms with Gasteiger partial charge in [-0.25, -0.2) is 0 Å². The fourth-order valence-corrected chi connectivity index (χ4v) is 3.74. The van der Waals surface area contributed by atoms with Crippen molar-refractivity contribution in [1.82, 2.24) is 0 Å². The van der Waals surface area contributed by atoms with Crippen molar-refractivity contribution in [2.75, 3.05) is 0 Å². The summed E-state index contributed by atoms with van der Waals surface area (Å²) in [7, 11) is 0. The van der Waals surface area contributed by atoms with Crippen LogP contribution >= 0.6 is 11.6 Å². The molecule has 0 aliphatic heterocycles. The van der Waals surface area contributed by atoms with Gasteiger partial charge in [-0.05, 0) is 30.1 Å². The highest BCUT2D eigenvalue weighted by molar-refractivity contribution is 6.21. The summed E-state index contributed by atoms with van der Waals surface area (Å²) in [6.45, 7) is 0. The monoisotopic (exact) mass is 143 g/mol. The van der Waals surface area contributed by atoms with Crippen LogP contribution in [0.4, 0.5) is 0 Å². The van der Waals surface area contributed by atoms with Crippen molar-refractivity contribution in [3.8, 4) is 0 Å². The van der Waals surface area contributed by atoms with Crippen molar-refractivity contribution in [2.24, 2.45) is 29.4 Å². The Balaban J connectivity index is 2.07. The lowest BCUT2D eigenvalue weighted by atomic mass is 10.1. The van der Waals surface area contributed by atoms with Crippen molar-refractivity contribution in [2.45, 2.75) is 17.8 Å². The Labute approximate surface area is 59.6 Å². The lowest BCUT2D eigenvalue weighted by molar-refractivity contribution is 0.526. The zero-order valence-electron chi connectivity index (χ0n) is 5.13. The maximum absolute atomic E-state index is 6.11. The maximum atomic E-state index is 6.11. The first-order chi connectivity index (χ1) is 4.30. The highest BCUT2D eigenvalue weighted by Gasteiger charge is 2.72. The lowest BCUT2D eigenvalue weighted by Gasteiger charge is -2.09. The van der Waals surface area contributed by atoms with Gasteiger partial charge < -0.3 is 5.73 Å². The molecule has 4 saturated carbocycles. The minimum atomic E-state index is 0.454. The molecule has 0 radical (unpaired) electrons.